The summed E-state index contributed by atoms with van der Waals surface area (Å²) in [4.78, 5) is 23.3. The minimum absolute atomic E-state index is 0.0577. The van der Waals surface area contributed by atoms with E-state index in [4.69, 9.17) is 4.52 Å². The predicted octanol–water partition coefficient (Wildman–Crippen LogP) is 2.46. The number of nitrogens with zero attached hydrogens (tertiary/aromatic N) is 4. The minimum atomic E-state index is -0.0577. The van der Waals surface area contributed by atoms with Gasteiger partial charge in [-0.3, -0.25) is 4.79 Å². The number of hydrogen-bond donors (Lipinski definition) is 1. The van der Waals surface area contributed by atoms with Crippen LogP contribution in [-0.2, 0) is 11.3 Å². The molecule has 0 saturated carbocycles. The van der Waals surface area contributed by atoms with Crippen LogP contribution in [0.2, 0.25) is 0 Å². The Morgan fingerprint density at radius 3 is 3.00 bits per heavy atom. The van der Waals surface area contributed by atoms with Gasteiger partial charge < -0.3 is 14.7 Å². The fraction of sp³-hybridized carbons (Fsp3) is 0.368. The molecule has 0 bridgehead atoms. The molecule has 1 unspecified atom stereocenters. The van der Waals surface area contributed by atoms with Gasteiger partial charge in [0.2, 0.25) is 5.91 Å². The third-order valence-corrected chi connectivity index (χ3v) is 4.82. The highest BCUT2D eigenvalue weighted by Gasteiger charge is 2.28. The second-order valence-electron chi connectivity index (χ2n) is 6.63. The number of fused-ring (bicyclic) bond motifs is 1. The quantitative estimate of drug-likeness (QED) is 0.777. The summed E-state index contributed by atoms with van der Waals surface area (Å²) in [5.41, 5.74) is 2.36. The fourth-order valence-electron chi connectivity index (χ4n) is 3.46. The molecule has 1 atom stereocenters. The topological polar surface area (TPSA) is 84.2 Å². The van der Waals surface area contributed by atoms with Gasteiger partial charge in [-0.1, -0.05) is 35.5 Å². The molecule has 7 heteroatoms. The summed E-state index contributed by atoms with van der Waals surface area (Å²) < 4.78 is 5.23. The highest BCUT2D eigenvalue weighted by molar-refractivity contribution is 5.88. The molecule has 1 aliphatic rings. The van der Waals surface area contributed by atoms with Crippen molar-refractivity contribution in [3.8, 4) is 0 Å². The van der Waals surface area contributed by atoms with Gasteiger partial charge in [-0.2, -0.15) is 4.98 Å². The van der Waals surface area contributed by atoms with Gasteiger partial charge in [-0.05, 0) is 25.3 Å². The maximum Gasteiger partial charge on any atom is 0.263 e. The molecule has 4 rings (SSSR count). The molecule has 1 fully saturated rings. The zero-order valence-corrected chi connectivity index (χ0v) is 14.7. The van der Waals surface area contributed by atoms with E-state index in [2.05, 4.69) is 25.3 Å². The average Bonchev–Trinajstić information content (AvgIpc) is 3.08. The first-order valence-electron chi connectivity index (χ1n) is 8.86. The Morgan fingerprint density at radius 1 is 1.31 bits per heavy atom. The van der Waals surface area contributed by atoms with Gasteiger partial charge in [0.1, 0.15) is 17.5 Å². The van der Waals surface area contributed by atoms with E-state index in [9.17, 15) is 4.79 Å². The van der Waals surface area contributed by atoms with Crippen molar-refractivity contribution in [2.24, 2.45) is 5.92 Å². The van der Waals surface area contributed by atoms with Gasteiger partial charge in [0.05, 0.1) is 11.6 Å². The lowest BCUT2D eigenvalue weighted by Gasteiger charge is -2.33. The number of carbonyl (C=O) groups is 1. The number of anilines is 1. The van der Waals surface area contributed by atoms with Crippen molar-refractivity contribution in [2.75, 3.05) is 18.0 Å². The first-order valence-corrected chi connectivity index (χ1v) is 8.86. The Morgan fingerprint density at radius 2 is 2.15 bits per heavy atom. The summed E-state index contributed by atoms with van der Waals surface area (Å²) in [6.07, 6.45) is 3.31. The molecule has 7 nitrogen and oxygen atoms in total. The molecule has 3 heterocycles. The highest BCUT2D eigenvalue weighted by atomic mass is 16.5. The van der Waals surface area contributed by atoms with Crippen LogP contribution in [0.5, 0.6) is 0 Å². The third kappa shape index (κ3) is 3.24. The van der Waals surface area contributed by atoms with E-state index in [-0.39, 0.29) is 11.8 Å². The number of hydrogen-bond acceptors (Lipinski definition) is 6. The number of benzene rings is 1. The first kappa shape index (κ1) is 16.5. The molecule has 26 heavy (non-hydrogen) atoms. The maximum atomic E-state index is 12.6. The Labute approximate surface area is 151 Å². The summed E-state index contributed by atoms with van der Waals surface area (Å²) in [5, 5.41) is 7.87. The van der Waals surface area contributed by atoms with Gasteiger partial charge in [0, 0.05) is 19.6 Å². The van der Waals surface area contributed by atoms with Gasteiger partial charge in [0.25, 0.3) is 5.71 Å². The van der Waals surface area contributed by atoms with Crippen LogP contribution in [0.3, 0.4) is 0 Å². The lowest BCUT2D eigenvalue weighted by atomic mass is 9.96. The van der Waals surface area contributed by atoms with Gasteiger partial charge in [0.15, 0.2) is 0 Å². The SMILES string of the molecule is Cc1noc2ncnc(N3CCCC(C(=O)NCc4ccccc4)C3)c12. The standard InChI is InChI=1S/C19H21N5O2/c1-13-16-17(21-12-22-19(16)26-23-13)24-9-5-8-15(11-24)18(25)20-10-14-6-3-2-4-7-14/h2-4,6-7,12,15H,5,8-11H2,1H3,(H,20,25). The van der Waals surface area contributed by atoms with Crippen LogP contribution in [0, 0.1) is 12.8 Å². The molecule has 2 aromatic heterocycles. The average molecular weight is 351 g/mol. The highest BCUT2D eigenvalue weighted by Crippen LogP contribution is 2.29. The first-order chi connectivity index (χ1) is 12.7. The number of piperidine rings is 1. The molecule has 0 aliphatic carbocycles. The molecule has 1 aliphatic heterocycles. The van der Waals surface area contributed by atoms with Crippen LogP contribution >= 0.6 is 0 Å². The summed E-state index contributed by atoms with van der Waals surface area (Å²) >= 11 is 0. The molecular weight excluding hydrogens is 330 g/mol. The van der Waals surface area contributed by atoms with Crippen molar-refractivity contribution in [1.82, 2.24) is 20.4 Å². The fourth-order valence-corrected chi connectivity index (χ4v) is 3.46. The number of amides is 1. The second kappa shape index (κ2) is 7.11. The van der Waals surface area contributed by atoms with E-state index in [1.54, 1.807) is 0 Å². The zero-order valence-electron chi connectivity index (χ0n) is 14.7. The number of rotatable bonds is 4. The monoisotopic (exact) mass is 351 g/mol. The van der Waals surface area contributed by atoms with Crippen LogP contribution in [0.25, 0.3) is 11.1 Å². The maximum absolute atomic E-state index is 12.6. The molecule has 1 aromatic carbocycles. The van der Waals surface area contributed by atoms with Crippen LogP contribution in [0.1, 0.15) is 24.1 Å². The number of carbonyl (C=O) groups excluding carboxylic acids is 1. The van der Waals surface area contributed by atoms with E-state index < -0.39 is 0 Å². The van der Waals surface area contributed by atoms with E-state index in [0.29, 0.717) is 18.8 Å². The molecule has 1 N–H and O–H groups in total. The predicted molar refractivity (Wildman–Crippen MR) is 97.6 cm³/mol. The van der Waals surface area contributed by atoms with Crippen molar-refractivity contribution >= 4 is 22.8 Å². The Hall–Kier alpha value is -2.96. The van der Waals surface area contributed by atoms with Crippen LogP contribution in [0.4, 0.5) is 5.82 Å². The van der Waals surface area contributed by atoms with Crippen molar-refractivity contribution in [3.63, 3.8) is 0 Å². The minimum Gasteiger partial charge on any atom is -0.355 e. The van der Waals surface area contributed by atoms with Crippen molar-refractivity contribution < 1.29 is 9.32 Å². The molecule has 3 aromatic rings. The lowest BCUT2D eigenvalue weighted by Crippen LogP contribution is -2.43. The summed E-state index contributed by atoms with van der Waals surface area (Å²) in [7, 11) is 0. The van der Waals surface area contributed by atoms with Crippen LogP contribution < -0.4 is 10.2 Å². The number of aromatic nitrogens is 3. The van der Waals surface area contributed by atoms with Crippen molar-refractivity contribution in [2.45, 2.75) is 26.3 Å². The zero-order chi connectivity index (χ0) is 17.9. The molecule has 1 amide bonds. The Kier molecular flexibility index (Phi) is 4.51. The molecule has 0 radical (unpaired) electrons. The van der Waals surface area contributed by atoms with Gasteiger partial charge in [-0.25, -0.2) is 4.98 Å². The van der Waals surface area contributed by atoms with Crippen molar-refractivity contribution in [3.05, 3.63) is 47.9 Å². The van der Waals surface area contributed by atoms with E-state index >= 15 is 0 Å². The summed E-state index contributed by atoms with van der Waals surface area (Å²) in [5.74, 6) is 0.831. The molecular formula is C19H21N5O2. The largest absolute Gasteiger partial charge is 0.355 e. The number of nitrogens with one attached hydrogen (secondary N) is 1. The second-order valence-corrected chi connectivity index (χ2v) is 6.63. The molecule has 0 spiro atoms. The van der Waals surface area contributed by atoms with E-state index in [0.717, 1.165) is 41.8 Å². The summed E-state index contributed by atoms with van der Waals surface area (Å²) in [6, 6.07) is 9.95. The lowest BCUT2D eigenvalue weighted by molar-refractivity contribution is -0.125. The van der Waals surface area contributed by atoms with E-state index in [1.165, 1.54) is 6.33 Å². The van der Waals surface area contributed by atoms with E-state index in [1.807, 2.05) is 37.3 Å². The third-order valence-electron chi connectivity index (χ3n) is 4.82. The van der Waals surface area contributed by atoms with Gasteiger partial charge >= 0.3 is 0 Å². The van der Waals surface area contributed by atoms with Gasteiger partial charge in [-0.15, -0.1) is 0 Å². The smallest absolute Gasteiger partial charge is 0.263 e. The Bertz CT molecular complexity index is 909. The Balaban J connectivity index is 1.47. The number of aryl methyl sites for hydroxylation is 1. The van der Waals surface area contributed by atoms with Crippen molar-refractivity contribution in [1.29, 1.82) is 0 Å². The summed E-state index contributed by atoms with van der Waals surface area (Å²) in [6.45, 7) is 3.93. The normalized spacial score (nSPS) is 17.4. The molecule has 1 saturated heterocycles. The van der Waals surface area contributed by atoms with Crippen LogP contribution in [0.15, 0.2) is 41.2 Å². The van der Waals surface area contributed by atoms with Crippen LogP contribution in [-0.4, -0.2) is 34.1 Å². The molecule has 134 valence electrons.